The molecule has 2 aromatic rings. The van der Waals surface area contributed by atoms with E-state index in [1.54, 1.807) is 0 Å². The lowest BCUT2D eigenvalue weighted by atomic mass is 10.00. The molecular weight excluding hydrogens is 426 g/mol. The van der Waals surface area contributed by atoms with Crippen LogP contribution in [0.5, 0.6) is 0 Å². The summed E-state index contributed by atoms with van der Waals surface area (Å²) in [6.45, 7) is 7.14. The molecule has 0 unspecified atom stereocenters. The van der Waals surface area contributed by atoms with Crippen LogP contribution in [0.4, 0.5) is 5.69 Å². The van der Waals surface area contributed by atoms with Crippen molar-refractivity contribution in [3.63, 3.8) is 0 Å². The van der Waals surface area contributed by atoms with E-state index in [-0.39, 0.29) is 24.1 Å². The van der Waals surface area contributed by atoms with Gasteiger partial charge in [-0.3, -0.25) is 14.4 Å². The van der Waals surface area contributed by atoms with Crippen LogP contribution in [0.25, 0.3) is 17.2 Å². The van der Waals surface area contributed by atoms with E-state index in [0.29, 0.717) is 29.9 Å². The van der Waals surface area contributed by atoms with Crippen molar-refractivity contribution in [1.82, 2.24) is 9.80 Å². The maximum Gasteiger partial charge on any atom is 0.253 e. The number of nitrogens with one attached hydrogen (secondary N) is 1. The molecule has 1 N–H and O–H groups in total. The van der Waals surface area contributed by atoms with Gasteiger partial charge in [-0.2, -0.15) is 0 Å². The van der Waals surface area contributed by atoms with E-state index in [0.717, 1.165) is 55.5 Å². The number of nitrogens with zero attached hydrogens (tertiary/aromatic N) is 2. The Morgan fingerprint density at radius 3 is 2.24 bits per heavy atom. The fraction of sp³-hybridized carbons (Fsp3) is 0.393. The van der Waals surface area contributed by atoms with Gasteiger partial charge in [0.15, 0.2) is 0 Å². The summed E-state index contributed by atoms with van der Waals surface area (Å²) in [7, 11) is 0. The summed E-state index contributed by atoms with van der Waals surface area (Å²) in [5.74, 6) is -0.162. The fourth-order valence-electron chi connectivity index (χ4n) is 4.68. The average molecular weight is 460 g/mol. The molecule has 6 heteroatoms. The number of carbonyl (C=O) groups is 3. The molecule has 2 aliphatic heterocycles. The number of carbonyl (C=O) groups excluding carboxylic acids is 3. The van der Waals surface area contributed by atoms with Crippen molar-refractivity contribution < 1.29 is 14.4 Å². The van der Waals surface area contributed by atoms with Crippen LogP contribution in [0, 0.1) is 0 Å². The van der Waals surface area contributed by atoms with Gasteiger partial charge in [-0.15, -0.1) is 0 Å². The minimum atomic E-state index is -0.185. The zero-order valence-corrected chi connectivity index (χ0v) is 20.1. The Kier molecular flexibility index (Phi) is 7.46. The van der Waals surface area contributed by atoms with Crippen LogP contribution >= 0.6 is 0 Å². The summed E-state index contributed by atoms with van der Waals surface area (Å²) in [4.78, 5) is 42.1. The molecule has 34 heavy (non-hydrogen) atoms. The van der Waals surface area contributed by atoms with E-state index in [2.05, 4.69) is 19.2 Å². The molecule has 0 saturated carbocycles. The third-order valence-electron chi connectivity index (χ3n) is 6.42. The number of amides is 3. The first-order chi connectivity index (χ1) is 16.5. The second-order valence-corrected chi connectivity index (χ2v) is 9.07. The molecule has 1 saturated heterocycles. The Morgan fingerprint density at radius 2 is 1.59 bits per heavy atom. The highest BCUT2D eigenvalue weighted by molar-refractivity contribution is 6.08. The van der Waals surface area contributed by atoms with Gasteiger partial charge in [-0.1, -0.05) is 38.1 Å². The predicted molar refractivity (Wildman–Crippen MR) is 135 cm³/mol. The minimum absolute atomic E-state index is 0.0611. The second-order valence-electron chi connectivity index (χ2n) is 9.07. The Hall–Kier alpha value is -3.41. The van der Waals surface area contributed by atoms with Crippen molar-refractivity contribution in [3.8, 4) is 11.1 Å². The standard InChI is InChI=1S/C28H33N3O3/c1-3-13-30(14-4-2)28(34)24-17-23-12-11-22(18-25(23)29-26(32)19-24)20-7-9-21(10-8-20)27(33)31-15-5-6-16-31/h7-12,17-18H,3-6,13-16,19H2,1-2H3,(H,29,32). The Labute approximate surface area is 201 Å². The predicted octanol–water partition coefficient (Wildman–Crippen LogP) is 4.96. The molecular formula is C28H33N3O3. The van der Waals surface area contributed by atoms with Crippen LogP contribution in [0.3, 0.4) is 0 Å². The van der Waals surface area contributed by atoms with Crippen LogP contribution < -0.4 is 5.32 Å². The SMILES string of the molecule is CCCN(CCC)C(=O)C1=Cc2ccc(-c3ccc(C(=O)N4CCCC4)cc3)cc2NC(=O)C1. The second kappa shape index (κ2) is 10.7. The quantitative estimate of drug-likeness (QED) is 0.636. The van der Waals surface area contributed by atoms with Gasteiger partial charge >= 0.3 is 0 Å². The molecule has 4 rings (SSSR count). The third-order valence-corrected chi connectivity index (χ3v) is 6.42. The summed E-state index contributed by atoms with van der Waals surface area (Å²) >= 11 is 0. The van der Waals surface area contributed by atoms with Crippen molar-refractivity contribution in [3.05, 3.63) is 59.2 Å². The highest BCUT2D eigenvalue weighted by Gasteiger charge is 2.23. The van der Waals surface area contributed by atoms with E-state index in [1.165, 1.54) is 0 Å². The molecule has 0 spiro atoms. The lowest BCUT2D eigenvalue weighted by Gasteiger charge is -2.22. The Bertz CT molecular complexity index is 1090. The van der Waals surface area contributed by atoms with Crippen molar-refractivity contribution in [2.24, 2.45) is 0 Å². The van der Waals surface area contributed by atoms with E-state index in [1.807, 2.05) is 58.3 Å². The fourth-order valence-corrected chi connectivity index (χ4v) is 4.68. The molecule has 0 radical (unpaired) electrons. The molecule has 178 valence electrons. The molecule has 1 fully saturated rings. The van der Waals surface area contributed by atoms with Gasteiger partial charge in [-0.25, -0.2) is 0 Å². The first-order valence-corrected chi connectivity index (χ1v) is 12.3. The molecule has 0 atom stereocenters. The molecule has 0 aromatic heterocycles. The highest BCUT2D eigenvalue weighted by Crippen LogP contribution is 2.31. The van der Waals surface area contributed by atoms with E-state index < -0.39 is 0 Å². The summed E-state index contributed by atoms with van der Waals surface area (Å²) < 4.78 is 0. The monoisotopic (exact) mass is 459 g/mol. The number of fused-ring (bicyclic) bond motifs is 1. The minimum Gasteiger partial charge on any atom is -0.339 e. The van der Waals surface area contributed by atoms with Crippen molar-refractivity contribution in [2.75, 3.05) is 31.5 Å². The smallest absolute Gasteiger partial charge is 0.253 e. The maximum absolute atomic E-state index is 13.1. The molecule has 0 aliphatic carbocycles. The first kappa shape index (κ1) is 23.7. The molecule has 3 amide bonds. The Morgan fingerprint density at radius 1 is 0.941 bits per heavy atom. The van der Waals surface area contributed by atoms with Gasteiger partial charge in [-0.05, 0) is 66.6 Å². The largest absolute Gasteiger partial charge is 0.339 e. The van der Waals surface area contributed by atoms with Crippen LogP contribution in [-0.4, -0.2) is 53.7 Å². The molecule has 2 aromatic carbocycles. The maximum atomic E-state index is 13.1. The van der Waals surface area contributed by atoms with Gasteiger partial charge in [0, 0.05) is 43.0 Å². The summed E-state index contributed by atoms with van der Waals surface area (Å²) in [6.07, 6.45) is 5.82. The number of likely N-dealkylation sites (tertiary alicyclic amines) is 1. The van der Waals surface area contributed by atoms with Crippen LogP contribution in [-0.2, 0) is 9.59 Å². The first-order valence-electron chi connectivity index (χ1n) is 12.3. The molecule has 6 nitrogen and oxygen atoms in total. The van der Waals surface area contributed by atoms with Gasteiger partial charge < -0.3 is 15.1 Å². The van der Waals surface area contributed by atoms with E-state index in [4.69, 9.17) is 0 Å². The summed E-state index contributed by atoms with van der Waals surface area (Å²) in [5, 5.41) is 2.96. The molecule has 2 aliphatic rings. The van der Waals surface area contributed by atoms with Crippen LogP contribution in [0.2, 0.25) is 0 Å². The van der Waals surface area contributed by atoms with Crippen LogP contribution in [0.15, 0.2) is 48.0 Å². The zero-order chi connectivity index (χ0) is 24.1. The van der Waals surface area contributed by atoms with Crippen molar-refractivity contribution in [2.45, 2.75) is 46.0 Å². The average Bonchev–Trinajstić information content (AvgIpc) is 3.33. The van der Waals surface area contributed by atoms with E-state index in [9.17, 15) is 14.4 Å². The third kappa shape index (κ3) is 5.22. The van der Waals surface area contributed by atoms with Gasteiger partial charge in [0.2, 0.25) is 11.8 Å². The lowest BCUT2D eigenvalue weighted by molar-refractivity contribution is -0.128. The zero-order valence-electron chi connectivity index (χ0n) is 20.1. The van der Waals surface area contributed by atoms with Crippen molar-refractivity contribution in [1.29, 1.82) is 0 Å². The number of anilines is 1. The molecule has 2 heterocycles. The Balaban J connectivity index is 1.57. The number of benzene rings is 2. The number of hydrogen-bond acceptors (Lipinski definition) is 3. The summed E-state index contributed by atoms with van der Waals surface area (Å²) in [5.41, 5.74) is 4.66. The summed E-state index contributed by atoms with van der Waals surface area (Å²) in [6, 6.07) is 13.5. The normalized spacial score (nSPS) is 15.3. The highest BCUT2D eigenvalue weighted by atomic mass is 16.2. The number of hydrogen-bond donors (Lipinski definition) is 1. The van der Waals surface area contributed by atoms with Gasteiger partial charge in [0.05, 0.1) is 6.42 Å². The molecule has 0 bridgehead atoms. The van der Waals surface area contributed by atoms with Gasteiger partial charge in [0.25, 0.3) is 5.91 Å². The lowest BCUT2D eigenvalue weighted by Crippen LogP contribution is -2.34. The van der Waals surface area contributed by atoms with E-state index >= 15 is 0 Å². The van der Waals surface area contributed by atoms with Gasteiger partial charge in [0.1, 0.15) is 0 Å². The van der Waals surface area contributed by atoms with Crippen LogP contribution in [0.1, 0.15) is 61.9 Å². The van der Waals surface area contributed by atoms with Crippen molar-refractivity contribution >= 4 is 29.5 Å². The topological polar surface area (TPSA) is 69.7 Å². The number of rotatable bonds is 7.